The van der Waals surface area contributed by atoms with Crippen LogP contribution in [-0.4, -0.2) is 45.8 Å². The van der Waals surface area contributed by atoms with Crippen LogP contribution < -0.4 is 10.6 Å². The minimum Gasteiger partial charge on any atom is -0.379 e. The summed E-state index contributed by atoms with van der Waals surface area (Å²) in [5.74, 6) is -0.0638. The van der Waals surface area contributed by atoms with Crippen molar-refractivity contribution in [2.45, 2.75) is 0 Å². The van der Waals surface area contributed by atoms with E-state index in [-0.39, 0.29) is 5.91 Å². The third-order valence-corrected chi connectivity index (χ3v) is 1.30. The molecule has 1 amide bonds. The molecular formula is C7H15N5O2. The number of hydrogen-bond acceptors (Lipinski definition) is 4. The smallest absolute Gasteiger partial charge is 0.234 e. The van der Waals surface area contributed by atoms with E-state index >= 15 is 0 Å². The monoisotopic (exact) mass is 201 g/mol. The summed E-state index contributed by atoms with van der Waals surface area (Å²) in [4.78, 5) is 13.5. The molecule has 0 spiro atoms. The number of nitrogens with one attached hydrogen (secondary N) is 2. The van der Waals surface area contributed by atoms with Gasteiger partial charge in [-0.05, 0) is 12.6 Å². The Morgan fingerprint density at radius 3 is 3.00 bits per heavy atom. The Balaban J connectivity index is 3.13. The number of hydrogen-bond donors (Lipinski definition) is 2. The number of likely N-dealkylation sites (N-methyl/N-ethyl adjacent to an activating group) is 1. The molecule has 0 aliphatic rings. The summed E-state index contributed by atoms with van der Waals surface area (Å²) in [5, 5.41) is 8.67. The quantitative estimate of drug-likeness (QED) is 0.243. The SMILES string of the molecule is CNCC(=O)NCCOCCN=[N+]=[N-]. The number of rotatable bonds is 8. The fourth-order valence-corrected chi connectivity index (χ4v) is 0.738. The molecule has 0 saturated heterocycles. The largest absolute Gasteiger partial charge is 0.379 e. The minimum atomic E-state index is -0.0638. The van der Waals surface area contributed by atoms with E-state index in [0.717, 1.165) is 0 Å². The van der Waals surface area contributed by atoms with Gasteiger partial charge < -0.3 is 15.4 Å². The summed E-state index contributed by atoms with van der Waals surface area (Å²) >= 11 is 0. The lowest BCUT2D eigenvalue weighted by molar-refractivity contribution is -0.120. The van der Waals surface area contributed by atoms with Crippen LogP contribution >= 0.6 is 0 Å². The zero-order valence-electron chi connectivity index (χ0n) is 8.19. The first-order valence-corrected chi connectivity index (χ1v) is 4.31. The van der Waals surface area contributed by atoms with Crippen LogP contribution in [0.25, 0.3) is 10.4 Å². The molecule has 0 aromatic carbocycles. The number of azide groups is 1. The first-order chi connectivity index (χ1) is 6.81. The molecule has 0 aromatic rings. The van der Waals surface area contributed by atoms with Crippen molar-refractivity contribution in [2.75, 3.05) is 39.9 Å². The third kappa shape index (κ3) is 8.79. The van der Waals surface area contributed by atoms with Gasteiger partial charge in [0.15, 0.2) is 0 Å². The Kier molecular flexibility index (Phi) is 8.88. The first kappa shape index (κ1) is 12.7. The van der Waals surface area contributed by atoms with Crippen LogP contribution in [0, 0.1) is 0 Å². The van der Waals surface area contributed by atoms with E-state index in [9.17, 15) is 4.79 Å². The van der Waals surface area contributed by atoms with E-state index in [1.54, 1.807) is 7.05 Å². The molecule has 80 valence electrons. The summed E-state index contributed by atoms with van der Waals surface area (Å²) in [6.45, 7) is 1.90. The summed E-state index contributed by atoms with van der Waals surface area (Å²) in [5.41, 5.74) is 7.94. The van der Waals surface area contributed by atoms with Gasteiger partial charge in [0.2, 0.25) is 5.91 Å². The average molecular weight is 201 g/mol. The lowest BCUT2D eigenvalue weighted by atomic mass is 10.5. The Hall–Kier alpha value is -1.30. The highest BCUT2D eigenvalue weighted by Crippen LogP contribution is 1.76. The van der Waals surface area contributed by atoms with Crippen molar-refractivity contribution in [2.24, 2.45) is 5.11 Å². The van der Waals surface area contributed by atoms with Crippen molar-refractivity contribution >= 4 is 5.91 Å². The van der Waals surface area contributed by atoms with Crippen LogP contribution in [0.3, 0.4) is 0 Å². The number of nitrogens with zero attached hydrogens (tertiary/aromatic N) is 3. The summed E-state index contributed by atoms with van der Waals surface area (Å²) in [7, 11) is 1.70. The molecule has 0 unspecified atom stereocenters. The molecule has 7 nitrogen and oxygen atoms in total. The first-order valence-electron chi connectivity index (χ1n) is 4.31. The van der Waals surface area contributed by atoms with E-state index < -0.39 is 0 Å². The second-order valence-corrected chi connectivity index (χ2v) is 2.45. The van der Waals surface area contributed by atoms with Gasteiger partial charge in [0.1, 0.15) is 0 Å². The van der Waals surface area contributed by atoms with Gasteiger partial charge in [-0.25, -0.2) is 0 Å². The molecule has 0 atom stereocenters. The molecule has 0 heterocycles. The molecule has 0 aliphatic carbocycles. The van der Waals surface area contributed by atoms with Crippen molar-refractivity contribution in [1.82, 2.24) is 10.6 Å². The second kappa shape index (κ2) is 9.79. The molecule has 0 rings (SSSR count). The molecule has 0 aliphatic heterocycles. The van der Waals surface area contributed by atoms with Crippen molar-refractivity contribution in [3.8, 4) is 0 Å². The zero-order chi connectivity index (χ0) is 10.6. The minimum absolute atomic E-state index is 0.0638. The van der Waals surface area contributed by atoms with Crippen LogP contribution in [0.15, 0.2) is 5.11 Å². The highest BCUT2D eigenvalue weighted by Gasteiger charge is 1.96. The van der Waals surface area contributed by atoms with Gasteiger partial charge in [-0.15, -0.1) is 0 Å². The maximum absolute atomic E-state index is 10.9. The van der Waals surface area contributed by atoms with Crippen LogP contribution in [0.5, 0.6) is 0 Å². The lowest BCUT2D eigenvalue weighted by Crippen LogP contribution is -2.34. The van der Waals surface area contributed by atoms with Crippen molar-refractivity contribution < 1.29 is 9.53 Å². The summed E-state index contributed by atoms with van der Waals surface area (Å²) in [6, 6.07) is 0. The fourth-order valence-electron chi connectivity index (χ4n) is 0.738. The number of amides is 1. The highest BCUT2D eigenvalue weighted by molar-refractivity contribution is 5.77. The van der Waals surface area contributed by atoms with E-state index in [0.29, 0.717) is 32.8 Å². The van der Waals surface area contributed by atoms with Gasteiger partial charge in [0.05, 0.1) is 19.8 Å². The predicted molar refractivity (Wildman–Crippen MR) is 51.8 cm³/mol. The Morgan fingerprint density at radius 1 is 1.57 bits per heavy atom. The fraction of sp³-hybridized carbons (Fsp3) is 0.857. The van der Waals surface area contributed by atoms with Crippen LogP contribution in [0.4, 0.5) is 0 Å². The molecular weight excluding hydrogens is 186 g/mol. The normalized spacial score (nSPS) is 9.21. The van der Waals surface area contributed by atoms with Crippen LogP contribution in [0.1, 0.15) is 0 Å². The Labute approximate surface area is 82.4 Å². The predicted octanol–water partition coefficient (Wildman–Crippen LogP) is -0.351. The molecule has 0 radical (unpaired) electrons. The van der Waals surface area contributed by atoms with Gasteiger partial charge in [0.25, 0.3) is 0 Å². The number of carbonyl (C=O) groups is 1. The van der Waals surface area contributed by atoms with E-state index in [1.807, 2.05) is 0 Å². The van der Waals surface area contributed by atoms with Gasteiger partial charge >= 0.3 is 0 Å². The third-order valence-electron chi connectivity index (χ3n) is 1.30. The maximum atomic E-state index is 10.9. The maximum Gasteiger partial charge on any atom is 0.234 e. The topological polar surface area (TPSA) is 99.1 Å². The summed E-state index contributed by atoms with van der Waals surface area (Å²) in [6.07, 6.45) is 0. The van der Waals surface area contributed by atoms with Crippen LogP contribution in [0.2, 0.25) is 0 Å². The second-order valence-electron chi connectivity index (χ2n) is 2.45. The Bertz CT molecular complexity index is 202. The van der Waals surface area contributed by atoms with Crippen LogP contribution in [-0.2, 0) is 9.53 Å². The molecule has 7 heteroatoms. The summed E-state index contributed by atoms with van der Waals surface area (Å²) < 4.78 is 5.06. The van der Waals surface area contributed by atoms with Gasteiger partial charge in [-0.2, -0.15) is 0 Å². The average Bonchev–Trinajstić information content (AvgIpc) is 2.17. The lowest BCUT2D eigenvalue weighted by Gasteiger charge is -2.04. The molecule has 0 bridgehead atoms. The molecule has 0 aromatic heterocycles. The van der Waals surface area contributed by atoms with Gasteiger partial charge in [-0.3, -0.25) is 4.79 Å². The molecule has 0 saturated carbocycles. The highest BCUT2D eigenvalue weighted by atomic mass is 16.5. The Morgan fingerprint density at radius 2 is 2.36 bits per heavy atom. The van der Waals surface area contributed by atoms with Crippen molar-refractivity contribution in [3.05, 3.63) is 10.4 Å². The van der Waals surface area contributed by atoms with E-state index in [2.05, 4.69) is 20.7 Å². The molecule has 14 heavy (non-hydrogen) atoms. The van der Waals surface area contributed by atoms with Crippen molar-refractivity contribution in [1.29, 1.82) is 0 Å². The standard InChI is InChI=1S/C7H15N5O2/c1-9-6-7(13)10-2-4-14-5-3-11-12-8/h9H,2-6H2,1H3,(H,10,13). The van der Waals surface area contributed by atoms with E-state index in [1.165, 1.54) is 0 Å². The zero-order valence-corrected chi connectivity index (χ0v) is 8.19. The van der Waals surface area contributed by atoms with E-state index in [4.69, 9.17) is 10.3 Å². The van der Waals surface area contributed by atoms with Crippen molar-refractivity contribution in [3.63, 3.8) is 0 Å². The van der Waals surface area contributed by atoms with Gasteiger partial charge in [0, 0.05) is 18.0 Å². The molecule has 0 fully saturated rings. The number of carbonyl (C=O) groups excluding carboxylic acids is 1. The van der Waals surface area contributed by atoms with Gasteiger partial charge in [-0.1, -0.05) is 5.11 Å². The molecule has 2 N–H and O–H groups in total. The number of ether oxygens (including phenoxy) is 1.